The summed E-state index contributed by atoms with van der Waals surface area (Å²) < 4.78 is 25.9. The smallest absolute Gasteiger partial charge is 0.244 e. The van der Waals surface area contributed by atoms with Gasteiger partial charge in [0.2, 0.25) is 21.8 Å². The molecule has 0 saturated carbocycles. The molecule has 168 valence electrons. The standard InChI is InChI=1S/C21H25Cl2N3O4S/c1-14-5-10-18(11-19(14)23)26(31(4,29)30)13-20(27)25(15(2)21(28)24-3)12-16-6-8-17(22)9-7-16/h5-11,15H,12-13H2,1-4H3,(H,24,28). The Kier molecular flexibility index (Phi) is 8.34. The number of halogens is 2. The van der Waals surface area contributed by atoms with Gasteiger partial charge in [0, 0.05) is 23.6 Å². The minimum atomic E-state index is -3.80. The van der Waals surface area contributed by atoms with Gasteiger partial charge in [-0.3, -0.25) is 13.9 Å². The molecule has 0 radical (unpaired) electrons. The zero-order valence-electron chi connectivity index (χ0n) is 17.7. The third kappa shape index (κ3) is 6.59. The highest BCUT2D eigenvalue weighted by Gasteiger charge is 2.29. The molecule has 2 aromatic carbocycles. The molecule has 1 unspecified atom stereocenters. The van der Waals surface area contributed by atoms with Gasteiger partial charge in [0.05, 0.1) is 11.9 Å². The number of carbonyl (C=O) groups excluding carboxylic acids is 2. The predicted octanol–water partition coefficient (Wildman–Crippen LogP) is 3.23. The van der Waals surface area contributed by atoms with Crippen LogP contribution in [0, 0.1) is 6.92 Å². The second-order valence-electron chi connectivity index (χ2n) is 7.14. The molecular formula is C21H25Cl2N3O4S. The van der Waals surface area contributed by atoms with Crippen LogP contribution >= 0.6 is 23.2 Å². The van der Waals surface area contributed by atoms with E-state index in [0.717, 1.165) is 21.7 Å². The van der Waals surface area contributed by atoms with Gasteiger partial charge < -0.3 is 10.2 Å². The average molecular weight is 486 g/mol. The lowest BCUT2D eigenvalue weighted by molar-refractivity contribution is -0.139. The number of hydrogen-bond acceptors (Lipinski definition) is 4. The maximum absolute atomic E-state index is 13.2. The lowest BCUT2D eigenvalue weighted by atomic mass is 10.1. The number of likely N-dealkylation sites (N-methyl/N-ethyl adjacent to an activating group) is 1. The van der Waals surface area contributed by atoms with Crippen molar-refractivity contribution in [2.45, 2.75) is 26.4 Å². The second kappa shape index (κ2) is 10.3. The van der Waals surface area contributed by atoms with E-state index >= 15 is 0 Å². The molecule has 0 heterocycles. The van der Waals surface area contributed by atoms with E-state index in [1.807, 2.05) is 0 Å². The Morgan fingerprint density at radius 3 is 2.23 bits per heavy atom. The van der Waals surface area contributed by atoms with Crippen molar-refractivity contribution in [2.75, 3.05) is 24.2 Å². The molecule has 0 aromatic heterocycles. The zero-order valence-corrected chi connectivity index (χ0v) is 20.1. The molecule has 0 aliphatic heterocycles. The average Bonchev–Trinajstić information content (AvgIpc) is 2.71. The van der Waals surface area contributed by atoms with Crippen LogP contribution in [0.3, 0.4) is 0 Å². The lowest BCUT2D eigenvalue weighted by Crippen LogP contribution is -2.50. The molecule has 2 amide bonds. The molecule has 0 aliphatic rings. The summed E-state index contributed by atoms with van der Waals surface area (Å²) in [5.74, 6) is -0.903. The fraction of sp³-hybridized carbons (Fsp3) is 0.333. The maximum Gasteiger partial charge on any atom is 0.244 e. The molecule has 2 rings (SSSR count). The molecule has 31 heavy (non-hydrogen) atoms. The topological polar surface area (TPSA) is 86.8 Å². The first kappa shape index (κ1) is 25.0. The van der Waals surface area contributed by atoms with Crippen LogP contribution in [0.2, 0.25) is 10.0 Å². The highest BCUT2D eigenvalue weighted by atomic mass is 35.5. The van der Waals surface area contributed by atoms with Crippen molar-refractivity contribution in [3.63, 3.8) is 0 Å². The number of amides is 2. The zero-order chi connectivity index (χ0) is 23.3. The van der Waals surface area contributed by atoms with Crippen molar-refractivity contribution in [3.05, 3.63) is 63.6 Å². The quantitative estimate of drug-likeness (QED) is 0.621. The molecule has 0 spiro atoms. The van der Waals surface area contributed by atoms with E-state index in [2.05, 4.69) is 5.32 Å². The summed E-state index contributed by atoms with van der Waals surface area (Å²) in [5.41, 5.74) is 1.80. The monoisotopic (exact) mass is 485 g/mol. The van der Waals surface area contributed by atoms with Gasteiger partial charge >= 0.3 is 0 Å². The van der Waals surface area contributed by atoms with Crippen molar-refractivity contribution in [1.29, 1.82) is 0 Å². The molecule has 1 atom stereocenters. The van der Waals surface area contributed by atoms with Gasteiger partial charge in [-0.05, 0) is 49.2 Å². The molecule has 0 aliphatic carbocycles. The van der Waals surface area contributed by atoms with Crippen molar-refractivity contribution in [1.82, 2.24) is 10.2 Å². The molecule has 7 nitrogen and oxygen atoms in total. The van der Waals surface area contributed by atoms with Crippen LogP contribution in [0.25, 0.3) is 0 Å². The molecule has 1 N–H and O–H groups in total. The van der Waals surface area contributed by atoms with E-state index in [0.29, 0.717) is 10.0 Å². The fourth-order valence-electron chi connectivity index (χ4n) is 2.93. The summed E-state index contributed by atoms with van der Waals surface area (Å²) in [7, 11) is -2.32. The van der Waals surface area contributed by atoms with Gasteiger partial charge in [0.15, 0.2) is 0 Å². The Bertz CT molecular complexity index is 1060. The lowest BCUT2D eigenvalue weighted by Gasteiger charge is -2.31. The molecule has 10 heteroatoms. The van der Waals surface area contributed by atoms with Crippen molar-refractivity contribution >= 4 is 50.7 Å². The Morgan fingerprint density at radius 1 is 1.10 bits per heavy atom. The van der Waals surface area contributed by atoms with E-state index in [1.165, 1.54) is 18.0 Å². The Labute approximate surface area is 193 Å². The number of carbonyl (C=O) groups is 2. The van der Waals surface area contributed by atoms with Crippen LogP contribution in [0.4, 0.5) is 5.69 Å². The van der Waals surface area contributed by atoms with Crippen molar-refractivity contribution in [2.24, 2.45) is 0 Å². The van der Waals surface area contributed by atoms with Gasteiger partial charge in [-0.15, -0.1) is 0 Å². The third-order valence-electron chi connectivity index (χ3n) is 4.80. The van der Waals surface area contributed by atoms with E-state index in [-0.39, 0.29) is 18.1 Å². The van der Waals surface area contributed by atoms with Crippen molar-refractivity contribution < 1.29 is 18.0 Å². The molecular weight excluding hydrogens is 461 g/mol. The van der Waals surface area contributed by atoms with Gasteiger partial charge in [-0.1, -0.05) is 41.4 Å². The molecule has 0 bridgehead atoms. The highest BCUT2D eigenvalue weighted by Crippen LogP contribution is 2.25. The van der Waals surface area contributed by atoms with E-state index in [1.54, 1.807) is 50.2 Å². The summed E-state index contributed by atoms with van der Waals surface area (Å²) in [4.78, 5) is 26.8. The number of hydrogen-bond donors (Lipinski definition) is 1. The number of anilines is 1. The summed E-state index contributed by atoms with van der Waals surface area (Å²) in [5, 5.41) is 3.45. The summed E-state index contributed by atoms with van der Waals surface area (Å²) in [6.45, 7) is 3.01. The second-order valence-corrected chi connectivity index (χ2v) is 9.89. The Morgan fingerprint density at radius 2 is 1.71 bits per heavy atom. The van der Waals surface area contributed by atoms with Crippen molar-refractivity contribution in [3.8, 4) is 0 Å². The molecule has 2 aromatic rings. The van der Waals surface area contributed by atoms with Crippen LogP contribution in [0.1, 0.15) is 18.1 Å². The van der Waals surface area contributed by atoms with Crippen LogP contribution < -0.4 is 9.62 Å². The number of rotatable bonds is 8. The van der Waals surface area contributed by atoms with Gasteiger partial charge in [-0.25, -0.2) is 8.42 Å². The number of nitrogens with zero attached hydrogens (tertiary/aromatic N) is 2. The van der Waals surface area contributed by atoms with E-state index in [4.69, 9.17) is 23.2 Å². The van der Waals surface area contributed by atoms with Crippen LogP contribution in [0.15, 0.2) is 42.5 Å². The van der Waals surface area contributed by atoms with Crippen LogP contribution in [0.5, 0.6) is 0 Å². The predicted molar refractivity (Wildman–Crippen MR) is 124 cm³/mol. The van der Waals surface area contributed by atoms with Gasteiger partial charge in [0.1, 0.15) is 12.6 Å². The fourth-order valence-corrected chi connectivity index (χ4v) is 4.07. The van der Waals surface area contributed by atoms with Gasteiger partial charge in [0.25, 0.3) is 0 Å². The first-order chi connectivity index (χ1) is 14.4. The summed E-state index contributed by atoms with van der Waals surface area (Å²) >= 11 is 12.1. The van der Waals surface area contributed by atoms with E-state index in [9.17, 15) is 18.0 Å². The minimum Gasteiger partial charge on any atom is -0.357 e. The molecule has 0 fully saturated rings. The largest absolute Gasteiger partial charge is 0.357 e. The van der Waals surface area contributed by atoms with Crippen LogP contribution in [-0.4, -0.2) is 51.0 Å². The number of benzene rings is 2. The summed E-state index contributed by atoms with van der Waals surface area (Å²) in [6.07, 6.45) is 1.01. The minimum absolute atomic E-state index is 0.108. The highest BCUT2D eigenvalue weighted by molar-refractivity contribution is 7.92. The third-order valence-corrected chi connectivity index (χ3v) is 6.60. The first-order valence-corrected chi connectivity index (χ1v) is 12.0. The van der Waals surface area contributed by atoms with E-state index < -0.39 is 28.5 Å². The Hall–Kier alpha value is -2.29. The number of nitrogens with one attached hydrogen (secondary N) is 1. The SMILES string of the molecule is CNC(=O)C(C)N(Cc1ccc(Cl)cc1)C(=O)CN(c1ccc(C)c(Cl)c1)S(C)(=O)=O. The summed E-state index contributed by atoms with van der Waals surface area (Å²) in [6, 6.07) is 10.8. The Balaban J connectivity index is 2.39. The van der Waals surface area contributed by atoms with Gasteiger partial charge in [-0.2, -0.15) is 0 Å². The maximum atomic E-state index is 13.2. The van der Waals surface area contributed by atoms with Crippen LogP contribution in [-0.2, 0) is 26.2 Å². The normalized spacial score (nSPS) is 12.2. The number of aryl methyl sites for hydroxylation is 1. The number of sulfonamides is 1. The molecule has 0 saturated heterocycles. The first-order valence-electron chi connectivity index (χ1n) is 9.43.